The lowest BCUT2D eigenvalue weighted by atomic mass is 10.2. The van der Waals surface area contributed by atoms with Gasteiger partial charge in [0.15, 0.2) is 6.04 Å². The summed E-state index contributed by atoms with van der Waals surface area (Å²) < 4.78 is 26.9. The zero-order valence-corrected chi connectivity index (χ0v) is 15.6. The van der Waals surface area contributed by atoms with Crippen LogP contribution in [0.1, 0.15) is 32.6 Å². The second kappa shape index (κ2) is 7.85. The molecule has 1 aliphatic heterocycles. The summed E-state index contributed by atoms with van der Waals surface area (Å²) in [6.45, 7) is 4.17. The molecule has 1 saturated heterocycles. The summed E-state index contributed by atoms with van der Waals surface area (Å²) in [5.41, 5.74) is 0. The molecular weight excluding hydrogens is 338 g/mol. The second-order valence-electron chi connectivity index (χ2n) is 7.09. The fourth-order valence-electron chi connectivity index (χ4n) is 3.77. The third kappa shape index (κ3) is 4.22. The van der Waals surface area contributed by atoms with Crippen molar-refractivity contribution in [3.05, 3.63) is 30.3 Å². The van der Waals surface area contributed by atoms with Gasteiger partial charge in [0.25, 0.3) is 5.91 Å². The molecule has 2 aliphatic rings. The molecule has 1 aliphatic carbocycles. The number of sulfonamides is 1. The van der Waals surface area contributed by atoms with E-state index in [1.807, 2.05) is 13.0 Å². The van der Waals surface area contributed by atoms with Crippen LogP contribution in [-0.2, 0) is 14.8 Å². The molecule has 25 heavy (non-hydrogen) atoms. The van der Waals surface area contributed by atoms with Crippen molar-refractivity contribution in [2.24, 2.45) is 0 Å². The normalized spacial score (nSPS) is 22.0. The zero-order valence-electron chi connectivity index (χ0n) is 14.8. The van der Waals surface area contributed by atoms with Gasteiger partial charge in [-0.3, -0.25) is 4.79 Å². The number of hydrogen-bond donors (Lipinski definition) is 2. The number of piperazine rings is 1. The molecular formula is C18H28N3O3S+. The average Bonchev–Trinajstić information content (AvgIpc) is 3.15. The number of nitrogens with one attached hydrogen (secondary N) is 2. The molecule has 0 bridgehead atoms. The van der Waals surface area contributed by atoms with Crippen molar-refractivity contribution in [1.29, 1.82) is 0 Å². The Hall–Kier alpha value is -1.44. The van der Waals surface area contributed by atoms with Gasteiger partial charge in [-0.05, 0) is 31.9 Å². The Bertz CT molecular complexity index is 679. The van der Waals surface area contributed by atoms with Crippen molar-refractivity contribution in [3.8, 4) is 0 Å². The highest BCUT2D eigenvalue weighted by Gasteiger charge is 2.35. The van der Waals surface area contributed by atoms with Crippen LogP contribution < -0.4 is 10.2 Å². The Labute approximate surface area is 150 Å². The minimum atomic E-state index is -3.43. The van der Waals surface area contributed by atoms with Crippen LogP contribution in [0.5, 0.6) is 0 Å². The maximum atomic E-state index is 12.7. The van der Waals surface area contributed by atoms with E-state index in [-0.39, 0.29) is 11.9 Å². The molecule has 1 amide bonds. The number of carbonyl (C=O) groups excluding carboxylic acids is 1. The standard InChI is InChI=1S/C18H27N3O3S/c1-15(18(22)19-16-7-5-6-8-16)20-11-13-21(14-12-20)25(23,24)17-9-3-2-4-10-17/h2-4,9-10,15-16H,5-8,11-14H2,1H3,(H,19,22)/p+1/t15-/m1/s1. The number of quaternary nitrogens is 1. The van der Waals surface area contributed by atoms with Crippen LogP contribution in [0.4, 0.5) is 0 Å². The molecule has 2 fully saturated rings. The number of rotatable bonds is 5. The fraction of sp³-hybridized carbons (Fsp3) is 0.611. The quantitative estimate of drug-likeness (QED) is 0.772. The molecule has 1 heterocycles. The van der Waals surface area contributed by atoms with E-state index in [9.17, 15) is 13.2 Å². The molecule has 3 rings (SSSR count). The number of nitrogens with zero attached hydrogens (tertiary/aromatic N) is 1. The molecule has 0 radical (unpaired) electrons. The monoisotopic (exact) mass is 366 g/mol. The molecule has 2 N–H and O–H groups in total. The SMILES string of the molecule is C[C@H](C(=O)NC1CCCC1)[NH+]1CCN(S(=O)(=O)c2ccccc2)CC1. The lowest BCUT2D eigenvalue weighted by Gasteiger charge is -2.34. The van der Waals surface area contributed by atoms with Crippen molar-refractivity contribution in [2.45, 2.75) is 49.6 Å². The van der Waals surface area contributed by atoms with E-state index < -0.39 is 10.0 Å². The van der Waals surface area contributed by atoms with Crippen molar-refractivity contribution in [1.82, 2.24) is 9.62 Å². The van der Waals surface area contributed by atoms with Crippen molar-refractivity contribution in [2.75, 3.05) is 26.2 Å². The van der Waals surface area contributed by atoms with E-state index in [2.05, 4.69) is 5.32 Å². The summed E-state index contributed by atoms with van der Waals surface area (Å²) in [4.78, 5) is 13.9. The Morgan fingerprint density at radius 2 is 1.76 bits per heavy atom. The fourth-order valence-corrected chi connectivity index (χ4v) is 5.23. The number of amides is 1. The van der Waals surface area contributed by atoms with Crippen LogP contribution >= 0.6 is 0 Å². The summed E-state index contributed by atoms with van der Waals surface area (Å²) in [5.74, 6) is 0.0984. The summed E-state index contributed by atoms with van der Waals surface area (Å²) in [6.07, 6.45) is 4.55. The van der Waals surface area contributed by atoms with Gasteiger partial charge in [0.2, 0.25) is 10.0 Å². The first-order chi connectivity index (χ1) is 12.0. The second-order valence-corrected chi connectivity index (χ2v) is 9.02. The largest absolute Gasteiger partial charge is 0.348 e. The van der Waals surface area contributed by atoms with E-state index in [1.165, 1.54) is 17.1 Å². The Morgan fingerprint density at radius 3 is 2.36 bits per heavy atom. The van der Waals surface area contributed by atoms with E-state index >= 15 is 0 Å². The van der Waals surface area contributed by atoms with Gasteiger partial charge < -0.3 is 10.2 Å². The molecule has 0 spiro atoms. The molecule has 1 aromatic rings. The third-order valence-electron chi connectivity index (χ3n) is 5.45. The minimum absolute atomic E-state index is 0.0984. The van der Waals surface area contributed by atoms with Crippen LogP contribution in [0.2, 0.25) is 0 Å². The van der Waals surface area contributed by atoms with Gasteiger partial charge in [-0.2, -0.15) is 4.31 Å². The topological polar surface area (TPSA) is 70.9 Å². The highest BCUT2D eigenvalue weighted by atomic mass is 32.2. The zero-order chi connectivity index (χ0) is 17.9. The van der Waals surface area contributed by atoms with E-state index in [1.54, 1.807) is 24.3 Å². The highest BCUT2D eigenvalue weighted by molar-refractivity contribution is 7.89. The van der Waals surface area contributed by atoms with E-state index in [4.69, 9.17) is 0 Å². The molecule has 1 atom stereocenters. The van der Waals surface area contributed by atoms with Crippen LogP contribution in [-0.4, -0.2) is 56.9 Å². The summed E-state index contributed by atoms with van der Waals surface area (Å²) >= 11 is 0. The lowest BCUT2D eigenvalue weighted by molar-refractivity contribution is -0.917. The molecule has 138 valence electrons. The average molecular weight is 367 g/mol. The molecule has 6 nitrogen and oxygen atoms in total. The Morgan fingerprint density at radius 1 is 1.16 bits per heavy atom. The van der Waals surface area contributed by atoms with Crippen molar-refractivity contribution >= 4 is 15.9 Å². The van der Waals surface area contributed by atoms with Crippen molar-refractivity contribution < 1.29 is 18.1 Å². The molecule has 1 aromatic carbocycles. The van der Waals surface area contributed by atoms with Crippen LogP contribution in [0.25, 0.3) is 0 Å². The predicted octanol–water partition coefficient (Wildman–Crippen LogP) is 0.0231. The van der Waals surface area contributed by atoms with Gasteiger partial charge in [-0.15, -0.1) is 0 Å². The summed E-state index contributed by atoms with van der Waals surface area (Å²) in [7, 11) is -3.43. The van der Waals surface area contributed by atoms with Gasteiger partial charge in [0, 0.05) is 6.04 Å². The Balaban J connectivity index is 1.55. The number of benzene rings is 1. The maximum absolute atomic E-state index is 12.7. The molecule has 1 saturated carbocycles. The maximum Gasteiger partial charge on any atom is 0.278 e. The lowest BCUT2D eigenvalue weighted by Crippen LogP contribution is -3.19. The van der Waals surface area contributed by atoms with Gasteiger partial charge >= 0.3 is 0 Å². The predicted molar refractivity (Wildman–Crippen MR) is 95.8 cm³/mol. The van der Waals surface area contributed by atoms with Crippen LogP contribution in [0, 0.1) is 0 Å². The van der Waals surface area contributed by atoms with Gasteiger partial charge in [-0.25, -0.2) is 8.42 Å². The highest BCUT2D eigenvalue weighted by Crippen LogP contribution is 2.17. The summed E-state index contributed by atoms with van der Waals surface area (Å²) in [5, 5.41) is 3.15. The first-order valence-electron chi connectivity index (χ1n) is 9.18. The first kappa shape index (κ1) is 18.4. The molecule has 7 heteroatoms. The Kier molecular flexibility index (Phi) is 5.76. The first-order valence-corrected chi connectivity index (χ1v) is 10.6. The van der Waals surface area contributed by atoms with Crippen LogP contribution in [0.3, 0.4) is 0 Å². The minimum Gasteiger partial charge on any atom is -0.348 e. The van der Waals surface area contributed by atoms with Crippen molar-refractivity contribution in [3.63, 3.8) is 0 Å². The van der Waals surface area contributed by atoms with E-state index in [0.29, 0.717) is 37.1 Å². The smallest absolute Gasteiger partial charge is 0.278 e. The van der Waals surface area contributed by atoms with Gasteiger partial charge in [-0.1, -0.05) is 31.0 Å². The number of carbonyl (C=O) groups is 1. The molecule has 0 aromatic heterocycles. The summed E-state index contributed by atoms with van der Waals surface area (Å²) in [6, 6.07) is 8.74. The number of hydrogen-bond acceptors (Lipinski definition) is 3. The van der Waals surface area contributed by atoms with Gasteiger partial charge in [0.05, 0.1) is 31.1 Å². The molecule has 0 unspecified atom stereocenters. The van der Waals surface area contributed by atoms with Crippen LogP contribution in [0.15, 0.2) is 35.2 Å². The third-order valence-corrected chi connectivity index (χ3v) is 7.37. The van der Waals surface area contributed by atoms with E-state index in [0.717, 1.165) is 17.7 Å². The van der Waals surface area contributed by atoms with Gasteiger partial charge in [0.1, 0.15) is 0 Å².